The van der Waals surface area contributed by atoms with Gasteiger partial charge in [-0.1, -0.05) is 6.07 Å². The summed E-state index contributed by atoms with van der Waals surface area (Å²) in [4.78, 5) is 27.1. The second kappa shape index (κ2) is 6.12. The molecule has 1 saturated heterocycles. The van der Waals surface area contributed by atoms with Gasteiger partial charge in [-0.3, -0.25) is 9.59 Å². The van der Waals surface area contributed by atoms with Gasteiger partial charge >= 0.3 is 0 Å². The highest BCUT2D eigenvalue weighted by molar-refractivity contribution is 7.91. The summed E-state index contributed by atoms with van der Waals surface area (Å²) in [6, 6.07) is 5.43. The Balaban J connectivity index is 1.72. The minimum Gasteiger partial charge on any atom is -0.341 e. The number of nitrogens with one attached hydrogen (secondary N) is 1. The van der Waals surface area contributed by atoms with Crippen molar-refractivity contribution in [3.63, 3.8) is 0 Å². The molecule has 0 radical (unpaired) electrons. The Morgan fingerprint density at radius 1 is 1.16 bits per heavy atom. The summed E-state index contributed by atoms with van der Waals surface area (Å²) in [7, 11) is -1.46. The summed E-state index contributed by atoms with van der Waals surface area (Å²) >= 11 is 0. The highest BCUT2D eigenvalue weighted by Crippen LogP contribution is 2.48. The standard InChI is InChI=1S/C18H24N2O4S/c1-12-8-13(2)10-14(9-12)19-16(21)18(5-6-18)17(22)20(3)15-4-7-25(23,24)11-15/h8-10,15H,4-7,11H2,1-3H3,(H,19,21). The number of nitrogens with zero attached hydrogens (tertiary/aromatic N) is 1. The van der Waals surface area contributed by atoms with Crippen LogP contribution in [-0.2, 0) is 19.4 Å². The second-order valence-corrected chi connectivity index (χ2v) is 9.61. The number of benzene rings is 1. The Hall–Kier alpha value is -1.89. The quantitative estimate of drug-likeness (QED) is 0.824. The molecule has 1 aliphatic carbocycles. The van der Waals surface area contributed by atoms with Gasteiger partial charge in [0, 0.05) is 18.8 Å². The predicted molar refractivity (Wildman–Crippen MR) is 96.0 cm³/mol. The lowest BCUT2D eigenvalue weighted by Crippen LogP contribution is -2.46. The number of sulfone groups is 1. The monoisotopic (exact) mass is 364 g/mol. The molecule has 1 aliphatic heterocycles. The summed E-state index contributed by atoms with van der Waals surface area (Å²) in [6.45, 7) is 3.91. The van der Waals surface area contributed by atoms with Crippen LogP contribution in [0.1, 0.15) is 30.4 Å². The molecule has 1 N–H and O–H groups in total. The third-order valence-corrected chi connectivity index (χ3v) is 6.90. The van der Waals surface area contributed by atoms with Crippen molar-refractivity contribution in [2.75, 3.05) is 23.9 Å². The van der Waals surface area contributed by atoms with E-state index >= 15 is 0 Å². The van der Waals surface area contributed by atoms with Gasteiger partial charge in [-0.05, 0) is 56.4 Å². The highest BCUT2D eigenvalue weighted by atomic mass is 32.2. The SMILES string of the molecule is Cc1cc(C)cc(NC(=O)C2(C(=O)N(C)C3CCS(=O)(=O)C3)CC2)c1. The first kappa shape index (κ1) is 17.9. The van der Waals surface area contributed by atoms with Gasteiger partial charge in [0.05, 0.1) is 11.5 Å². The summed E-state index contributed by atoms with van der Waals surface area (Å²) in [5, 5.41) is 2.86. The van der Waals surface area contributed by atoms with Crippen molar-refractivity contribution >= 4 is 27.3 Å². The Bertz CT molecular complexity index is 807. The first-order valence-electron chi connectivity index (χ1n) is 8.50. The summed E-state index contributed by atoms with van der Waals surface area (Å²) in [6.07, 6.45) is 1.46. The molecule has 1 unspecified atom stereocenters. The van der Waals surface area contributed by atoms with Crippen LogP contribution in [0.25, 0.3) is 0 Å². The van der Waals surface area contributed by atoms with E-state index in [4.69, 9.17) is 0 Å². The van der Waals surface area contributed by atoms with Crippen LogP contribution in [0.15, 0.2) is 18.2 Å². The minimum absolute atomic E-state index is 0.00991. The molecular formula is C18H24N2O4S. The zero-order chi connectivity index (χ0) is 18.4. The molecular weight excluding hydrogens is 340 g/mol. The number of anilines is 1. The van der Waals surface area contributed by atoms with Gasteiger partial charge in [0.1, 0.15) is 5.41 Å². The minimum atomic E-state index is -3.07. The Morgan fingerprint density at radius 2 is 1.76 bits per heavy atom. The third-order valence-electron chi connectivity index (χ3n) is 5.15. The van der Waals surface area contributed by atoms with Crippen LogP contribution in [-0.4, -0.2) is 49.7 Å². The van der Waals surface area contributed by atoms with E-state index < -0.39 is 15.3 Å². The lowest BCUT2D eigenvalue weighted by Gasteiger charge is -2.27. The molecule has 2 aliphatic rings. The molecule has 2 fully saturated rings. The molecule has 1 atom stereocenters. The van der Waals surface area contributed by atoms with E-state index in [0.29, 0.717) is 24.9 Å². The van der Waals surface area contributed by atoms with Crippen molar-refractivity contribution in [1.82, 2.24) is 4.90 Å². The number of hydrogen-bond donors (Lipinski definition) is 1. The molecule has 3 rings (SSSR count). The second-order valence-electron chi connectivity index (χ2n) is 7.39. The van der Waals surface area contributed by atoms with Gasteiger partial charge in [0.25, 0.3) is 0 Å². The normalized spacial score (nSPS) is 23.1. The van der Waals surface area contributed by atoms with E-state index in [-0.39, 0.29) is 29.4 Å². The molecule has 0 spiro atoms. The molecule has 1 aromatic carbocycles. The Morgan fingerprint density at radius 3 is 2.24 bits per heavy atom. The molecule has 6 nitrogen and oxygen atoms in total. The van der Waals surface area contributed by atoms with Crippen molar-refractivity contribution in [3.8, 4) is 0 Å². The van der Waals surface area contributed by atoms with Gasteiger partial charge in [-0.15, -0.1) is 0 Å². The number of hydrogen-bond acceptors (Lipinski definition) is 4. The fraction of sp³-hybridized carbons (Fsp3) is 0.556. The van der Waals surface area contributed by atoms with Gasteiger partial charge in [-0.25, -0.2) is 8.42 Å². The van der Waals surface area contributed by atoms with Gasteiger partial charge in [-0.2, -0.15) is 0 Å². The van der Waals surface area contributed by atoms with Crippen LogP contribution in [0.4, 0.5) is 5.69 Å². The maximum atomic E-state index is 12.9. The maximum absolute atomic E-state index is 12.9. The average molecular weight is 364 g/mol. The van der Waals surface area contributed by atoms with E-state index in [1.807, 2.05) is 32.0 Å². The largest absolute Gasteiger partial charge is 0.341 e. The van der Waals surface area contributed by atoms with Crippen LogP contribution >= 0.6 is 0 Å². The van der Waals surface area contributed by atoms with Crippen LogP contribution < -0.4 is 5.32 Å². The summed E-state index contributed by atoms with van der Waals surface area (Å²) in [5.41, 5.74) is 1.73. The molecule has 0 aromatic heterocycles. The van der Waals surface area contributed by atoms with E-state index in [9.17, 15) is 18.0 Å². The fourth-order valence-electron chi connectivity index (χ4n) is 3.54. The van der Waals surface area contributed by atoms with Crippen LogP contribution in [0.2, 0.25) is 0 Å². The first-order valence-corrected chi connectivity index (χ1v) is 10.3. The maximum Gasteiger partial charge on any atom is 0.240 e. The number of aryl methyl sites for hydroxylation is 2. The molecule has 7 heteroatoms. The van der Waals surface area contributed by atoms with E-state index in [1.165, 1.54) is 4.90 Å². The molecule has 1 aromatic rings. The van der Waals surface area contributed by atoms with Crippen molar-refractivity contribution in [1.29, 1.82) is 0 Å². The predicted octanol–water partition coefficient (Wildman–Crippen LogP) is 1.67. The number of rotatable bonds is 4. The Kier molecular flexibility index (Phi) is 4.39. The lowest BCUT2D eigenvalue weighted by atomic mass is 10.0. The zero-order valence-electron chi connectivity index (χ0n) is 14.8. The van der Waals surface area contributed by atoms with Gasteiger partial charge in [0.2, 0.25) is 11.8 Å². The average Bonchev–Trinajstić information content (AvgIpc) is 3.23. The molecule has 1 heterocycles. The summed E-state index contributed by atoms with van der Waals surface area (Å²) in [5.74, 6) is -0.465. The fourth-order valence-corrected chi connectivity index (χ4v) is 5.32. The Labute approximate surface area is 148 Å². The van der Waals surface area contributed by atoms with E-state index in [1.54, 1.807) is 7.05 Å². The van der Waals surface area contributed by atoms with Gasteiger partial charge < -0.3 is 10.2 Å². The lowest BCUT2D eigenvalue weighted by molar-refractivity contribution is -0.142. The molecule has 2 amide bonds. The molecule has 136 valence electrons. The zero-order valence-corrected chi connectivity index (χ0v) is 15.6. The van der Waals surface area contributed by atoms with Crippen LogP contribution in [0, 0.1) is 19.3 Å². The molecule has 0 bridgehead atoms. The van der Waals surface area contributed by atoms with Crippen molar-refractivity contribution < 1.29 is 18.0 Å². The number of amides is 2. The van der Waals surface area contributed by atoms with Crippen molar-refractivity contribution in [2.45, 2.75) is 39.2 Å². The van der Waals surface area contributed by atoms with Crippen LogP contribution in [0.3, 0.4) is 0 Å². The highest BCUT2D eigenvalue weighted by Gasteiger charge is 2.58. The van der Waals surface area contributed by atoms with E-state index in [0.717, 1.165) is 11.1 Å². The van der Waals surface area contributed by atoms with Gasteiger partial charge in [0.15, 0.2) is 9.84 Å². The molecule has 25 heavy (non-hydrogen) atoms. The van der Waals surface area contributed by atoms with Crippen LogP contribution in [0.5, 0.6) is 0 Å². The third kappa shape index (κ3) is 3.56. The smallest absolute Gasteiger partial charge is 0.240 e. The number of carbonyl (C=O) groups excluding carboxylic acids is 2. The van der Waals surface area contributed by atoms with Crippen molar-refractivity contribution in [3.05, 3.63) is 29.3 Å². The topological polar surface area (TPSA) is 83.6 Å². The number of carbonyl (C=O) groups is 2. The van der Waals surface area contributed by atoms with Crippen molar-refractivity contribution in [2.24, 2.45) is 5.41 Å². The first-order chi connectivity index (χ1) is 11.6. The molecule has 1 saturated carbocycles. The van der Waals surface area contributed by atoms with E-state index in [2.05, 4.69) is 5.32 Å². The summed E-state index contributed by atoms with van der Waals surface area (Å²) < 4.78 is 23.3.